The zero-order valence-electron chi connectivity index (χ0n) is 13.6. The quantitative estimate of drug-likeness (QED) is 0.813. The molecular formula is C17H25NO3. The second-order valence-corrected chi connectivity index (χ2v) is 5.53. The first-order valence-corrected chi connectivity index (χ1v) is 7.45. The van der Waals surface area contributed by atoms with Gasteiger partial charge in [-0.3, -0.25) is 4.99 Å². The van der Waals surface area contributed by atoms with Crippen LogP contribution >= 0.6 is 0 Å². The summed E-state index contributed by atoms with van der Waals surface area (Å²) in [6, 6.07) is 3.19. The number of rotatable bonds is 4. The Labute approximate surface area is 126 Å². The van der Waals surface area contributed by atoms with Gasteiger partial charge in [0.2, 0.25) is 0 Å². The van der Waals surface area contributed by atoms with Gasteiger partial charge >= 0.3 is 5.97 Å². The van der Waals surface area contributed by atoms with Crippen LogP contribution in [0.3, 0.4) is 0 Å². The van der Waals surface area contributed by atoms with Crippen molar-refractivity contribution >= 4 is 17.4 Å². The molecule has 2 rings (SSSR count). The van der Waals surface area contributed by atoms with Gasteiger partial charge in [-0.2, -0.15) is 0 Å². The molecule has 21 heavy (non-hydrogen) atoms. The van der Waals surface area contributed by atoms with Crippen LogP contribution in [0.5, 0.6) is 5.75 Å². The van der Waals surface area contributed by atoms with Gasteiger partial charge in [0, 0.05) is 5.71 Å². The van der Waals surface area contributed by atoms with Gasteiger partial charge in [-0.05, 0) is 51.3 Å². The standard InChI is InChI=1S/C14H17NO3.C3H8/c1-8(2)15-13-9(3)6-10(14(16)17)7-12(13)18-11-4-5-11;1-3-2/h6-7,11H,4-5H2,1-3H3,(H,16,17);3H2,1-2H3. The molecule has 0 atom stereocenters. The Morgan fingerprint density at radius 3 is 2.33 bits per heavy atom. The lowest BCUT2D eigenvalue weighted by Crippen LogP contribution is -2.02. The summed E-state index contributed by atoms with van der Waals surface area (Å²) in [5.74, 6) is -0.362. The summed E-state index contributed by atoms with van der Waals surface area (Å²) in [5, 5.41) is 9.06. The van der Waals surface area contributed by atoms with E-state index in [4.69, 9.17) is 9.84 Å². The number of aromatic carboxylic acids is 1. The van der Waals surface area contributed by atoms with Gasteiger partial charge in [0.05, 0.1) is 11.7 Å². The predicted molar refractivity (Wildman–Crippen MR) is 86.2 cm³/mol. The first-order chi connectivity index (χ1) is 9.88. The van der Waals surface area contributed by atoms with Crippen LogP contribution in [0.2, 0.25) is 0 Å². The second kappa shape index (κ2) is 7.81. The van der Waals surface area contributed by atoms with Crippen LogP contribution in [-0.2, 0) is 0 Å². The number of carboxylic acids is 1. The fourth-order valence-electron chi connectivity index (χ4n) is 1.69. The van der Waals surface area contributed by atoms with Gasteiger partial charge in [-0.25, -0.2) is 4.79 Å². The van der Waals surface area contributed by atoms with Crippen molar-refractivity contribution in [3.05, 3.63) is 23.3 Å². The summed E-state index contributed by atoms with van der Waals surface area (Å²) < 4.78 is 5.76. The van der Waals surface area contributed by atoms with Crippen molar-refractivity contribution in [3.8, 4) is 5.75 Å². The molecule has 1 aliphatic rings. The minimum absolute atomic E-state index is 0.222. The van der Waals surface area contributed by atoms with Crippen LogP contribution < -0.4 is 4.74 Å². The van der Waals surface area contributed by atoms with E-state index < -0.39 is 5.97 Å². The summed E-state index contributed by atoms with van der Waals surface area (Å²) in [7, 11) is 0. The number of carbonyl (C=O) groups is 1. The van der Waals surface area contributed by atoms with Gasteiger partial charge in [0.15, 0.2) is 0 Å². The Balaban J connectivity index is 0.000000677. The van der Waals surface area contributed by atoms with Crippen LogP contribution in [0.4, 0.5) is 5.69 Å². The summed E-state index contributed by atoms with van der Waals surface area (Å²) >= 11 is 0. The average Bonchev–Trinajstić information content (AvgIpc) is 3.17. The van der Waals surface area contributed by atoms with E-state index in [0.29, 0.717) is 5.75 Å². The maximum atomic E-state index is 11.0. The molecule has 0 saturated heterocycles. The first kappa shape index (κ1) is 17.2. The molecule has 4 nitrogen and oxygen atoms in total. The van der Waals surface area contributed by atoms with Gasteiger partial charge in [-0.1, -0.05) is 20.3 Å². The van der Waals surface area contributed by atoms with E-state index in [1.807, 2.05) is 20.8 Å². The van der Waals surface area contributed by atoms with E-state index in [-0.39, 0.29) is 11.7 Å². The summed E-state index contributed by atoms with van der Waals surface area (Å²) in [4.78, 5) is 15.5. The number of hydrogen-bond donors (Lipinski definition) is 1. The minimum atomic E-state index is -0.942. The number of aryl methyl sites for hydroxylation is 1. The number of ether oxygens (including phenoxy) is 1. The average molecular weight is 291 g/mol. The number of benzene rings is 1. The summed E-state index contributed by atoms with van der Waals surface area (Å²) in [6.45, 7) is 9.92. The van der Waals surface area contributed by atoms with Crippen LogP contribution in [0.1, 0.15) is 62.9 Å². The van der Waals surface area contributed by atoms with Crippen molar-refractivity contribution < 1.29 is 14.6 Å². The highest BCUT2D eigenvalue weighted by molar-refractivity contribution is 5.90. The molecule has 0 heterocycles. The summed E-state index contributed by atoms with van der Waals surface area (Å²) in [5.41, 5.74) is 2.73. The van der Waals surface area contributed by atoms with Gasteiger partial charge in [-0.15, -0.1) is 0 Å². The molecule has 1 aromatic carbocycles. The molecule has 1 saturated carbocycles. The third-order valence-electron chi connectivity index (χ3n) is 2.67. The molecule has 1 aliphatic carbocycles. The van der Waals surface area contributed by atoms with Crippen LogP contribution in [0.25, 0.3) is 0 Å². The third-order valence-corrected chi connectivity index (χ3v) is 2.67. The molecule has 0 spiro atoms. The number of nitrogens with zero attached hydrogens (tertiary/aromatic N) is 1. The van der Waals surface area contributed by atoms with Crippen LogP contribution in [0, 0.1) is 6.92 Å². The van der Waals surface area contributed by atoms with Crippen molar-refractivity contribution in [2.24, 2.45) is 4.99 Å². The van der Waals surface area contributed by atoms with E-state index in [9.17, 15) is 4.79 Å². The third kappa shape index (κ3) is 5.58. The predicted octanol–water partition coefficient (Wildman–Crippen LogP) is 4.76. The maximum Gasteiger partial charge on any atom is 0.335 e. The molecule has 0 unspecified atom stereocenters. The van der Waals surface area contributed by atoms with Crippen molar-refractivity contribution in [2.75, 3.05) is 0 Å². The largest absolute Gasteiger partial charge is 0.488 e. The molecule has 0 amide bonds. The zero-order valence-corrected chi connectivity index (χ0v) is 13.6. The van der Waals surface area contributed by atoms with Crippen molar-refractivity contribution in [3.63, 3.8) is 0 Å². The highest BCUT2D eigenvalue weighted by Crippen LogP contribution is 2.37. The van der Waals surface area contributed by atoms with Gasteiger partial charge in [0.1, 0.15) is 11.4 Å². The van der Waals surface area contributed by atoms with Gasteiger partial charge in [0.25, 0.3) is 0 Å². The molecular weight excluding hydrogens is 266 g/mol. The minimum Gasteiger partial charge on any atom is -0.488 e. The highest BCUT2D eigenvalue weighted by atomic mass is 16.5. The van der Waals surface area contributed by atoms with Crippen LogP contribution in [0.15, 0.2) is 17.1 Å². The topological polar surface area (TPSA) is 58.9 Å². The van der Waals surface area contributed by atoms with E-state index in [1.165, 1.54) is 6.42 Å². The molecule has 1 fully saturated rings. The van der Waals surface area contributed by atoms with Crippen LogP contribution in [-0.4, -0.2) is 22.9 Å². The Morgan fingerprint density at radius 1 is 1.33 bits per heavy atom. The fourth-order valence-corrected chi connectivity index (χ4v) is 1.69. The zero-order chi connectivity index (χ0) is 16.0. The molecule has 0 radical (unpaired) electrons. The Kier molecular flexibility index (Phi) is 6.40. The normalized spacial score (nSPS) is 13.0. The van der Waals surface area contributed by atoms with E-state index in [1.54, 1.807) is 12.1 Å². The molecule has 1 N–H and O–H groups in total. The summed E-state index contributed by atoms with van der Waals surface area (Å²) in [6.07, 6.45) is 3.54. The highest BCUT2D eigenvalue weighted by Gasteiger charge is 2.25. The Hall–Kier alpha value is -1.84. The lowest BCUT2D eigenvalue weighted by molar-refractivity contribution is 0.0696. The van der Waals surface area contributed by atoms with E-state index >= 15 is 0 Å². The monoisotopic (exact) mass is 291 g/mol. The molecule has 116 valence electrons. The SMILES string of the molecule is CC(C)=Nc1c(C)cc(C(=O)O)cc1OC1CC1.CCC. The van der Waals surface area contributed by atoms with E-state index in [0.717, 1.165) is 29.8 Å². The number of hydrogen-bond acceptors (Lipinski definition) is 3. The van der Waals surface area contributed by atoms with Crippen molar-refractivity contribution in [1.29, 1.82) is 0 Å². The second-order valence-electron chi connectivity index (χ2n) is 5.53. The lowest BCUT2D eigenvalue weighted by atomic mass is 10.1. The smallest absolute Gasteiger partial charge is 0.335 e. The maximum absolute atomic E-state index is 11.0. The molecule has 4 heteroatoms. The van der Waals surface area contributed by atoms with E-state index in [2.05, 4.69) is 18.8 Å². The molecule has 0 bridgehead atoms. The molecule has 0 aromatic heterocycles. The Morgan fingerprint density at radius 2 is 1.90 bits per heavy atom. The number of carboxylic acid groups (broad SMARTS) is 1. The number of aliphatic imine (C=N–C) groups is 1. The molecule has 0 aliphatic heterocycles. The fraction of sp³-hybridized carbons (Fsp3) is 0.529. The van der Waals surface area contributed by atoms with Crippen molar-refractivity contribution in [1.82, 2.24) is 0 Å². The Bertz CT molecular complexity index is 527. The van der Waals surface area contributed by atoms with Gasteiger partial charge < -0.3 is 9.84 Å². The lowest BCUT2D eigenvalue weighted by Gasteiger charge is -2.12. The first-order valence-electron chi connectivity index (χ1n) is 7.45. The van der Waals surface area contributed by atoms with Crippen molar-refractivity contribution in [2.45, 2.75) is 60.0 Å². The molecule has 1 aromatic rings.